The number of anilines is 2. The van der Waals surface area contributed by atoms with E-state index < -0.39 is 0 Å². The first-order valence-corrected chi connectivity index (χ1v) is 5.44. The van der Waals surface area contributed by atoms with Gasteiger partial charge in [0.15, 0.2) is 16.6 Å². The van der Waals surface area contributed by atoms with Crippen LogP contribution in [0, 0.1) is 0 Å². The molecule has 1 rings (SSSR count). The van der Waals surface area contributed by atoms with Gasteiger partial charge in [0, 0.05) is 12.6 Å². The van der Waals surface area contributed by atoms with Crippen LogP contribution in [0.25, 0.3) is 0 Å². The second-order valence-electron chi connectivity index (χ2n) is 3.29. The Balaban J connectivity index is 3.03. The van der Waals surface area contributed by atoms with E-state index in [1.807, 2.05) is 0 Å². The van der Waals surface area contributed by atoms with E-state index in [2.05, 4.69) is 30.0 Å². The molecule has 0 atom stereocenters. The fourth-order valence-electron chi connectivity index (χ4n) is 1.40. The summed E-state index contributed by atoms with van der Waals surface area (Å²) in [6.07, 6.45) is 0. The molecule has 14 heavy (non-hydrogen) atoms. The monoisotopic (exact) mass is 215 g/mol. The van der Waals surface area contributed by atoms with Gasteiger partial charge in [0.1, 0.15) is 0 Å². The van der Waals surface area contributed by atoms with E-state index in [1.54, 1.807) is 7.11 Å². The third kappa shape index (κ3) is 1.92. The molecule has 0 bridgehead atoms. The molecule has 4 nitrogen and oxygen atoms in total. The Morgan fingerprint density at radius 1 is 1.57 bits per heavy atom. The van der Waals surface area contributed by atoms with Crippen molar-refractivity contribution in [2.24, 2.45) is 0 Å². The largest absolute Gasteiger partial charge is 0.490 e. The summed E-state index contributed by atoms with van der Waals surface area (Å²) >= 11 is 1.39. The number of methoxy groups -OCH3 is 1. The van der Waals surface area contributed by atoms with Gasteiger partial charge < -0.3 is 15.4 Å². The quantitative estimate of drug-likeness (QED) is 0.834. The maximum atomic E-state index is 5.69. The Morgan fingerprint density at radius 3 is 2.64 bits per heavy atom. The van der Waals surface area contributed by atoms with Gasteiger partial charge >= 0.3 is 0 Å². The number of hydrogen-bond acceptors (Lipinski definition) is 5. The lowest BCUT2D eigenvalue weighted by atomic mass is 10.3. The Morgan fingerprint density at radius 2 is 2.21 bits per heavy atom. The van der Waals surface area contributed by atoms with Gasteiger partial charge in [0.2, 0.25) is 0 Å². The lowest BCUT2D eigenvalue weighted by Crippen LogP contribution is -2.29. The number of hydrogen-bond donors (Lipinski definition) is 1. The molecule has 80 valence electrons. The van der Waals surface area contributed by atoms with Crippen LogP contribution >= 0.6 is 11.5 Å². The minimum atomic E-state index is 0.425. The summed E-state index contributed by atoms with van der Waals surface area (Å²) < 4.78 is 9.32. The van der Waals surface area contributed by atoms with Crippen LogP contribution in [-0.4, -0.2) is 24.1 Å². The Hall–Kier alpha value is -0.970. The molecule has 0 saturated heterocycles. The molecule has 1 aromatic heterocycles. The van der Waals surface area contributed by atoms with E-state index in [9.17, 15) is 0 Å². The summed E-state index contributed by atoms with van der Waals surface area (Å²) in [5.41, 5.74) is 5.69. The van der Waals surface area contributed by atoms with Crippen LogP contribution < -0.4 is 15.4 Å². The van der Waals surface area contributed by atoms with Gasteiger partial charge in [-0.25, -0.2) is 0 Å². The molecule has 0 unspecified atom stereocenters. The van der Waals surface area contributed by atoms with Crippen molar-refractivity contribution in [2.45, 2.75) is 26.8 Å². The molecule has 0 saturated carbocycles. The first-order valence-electron chi connectivity index (χ1n) is 4.67. The van der Waals surface area contributed by atoms with Crippen molar-refractivity contribution in [2.75, 3.05) is 24.3 Å². The Bertz CT molecular complexity index is 298. The molecular weight excluding hydrogens is 198 g/mol. The van der Waals surface area contributed by atoms with Gasteiger partial charge in [0.05, 0.1) is 7.11 Å². The number of rotatable bonds is 4. The van der Waals surface area contributed by atoms with Crippen molar-refractivity contribution in [3.05, 3.63) is 0 Å². The number of nitrogens with zero attached hydrogens (tertiary/aromatic N) is 2. The lowest BCUT2D eigenvalue weighted by molar-refractivity contribution is 0.417. The number of nitrogens with two attached hydrogens (primary N) is 1. The predicted molar refractivity (Wildman–Crippen MR) is 61.2 cm³/mol. The number of ether oxygens (including phenoxy) is 1. The first-order chi connectivity index (χ1) is 6.61. The van der Waals surface area contributed by atoms with Crippen molar-refractivity contribution < 1.29 is 4.74 Å². The molecule has 5 heteroatoms. The van der Waals surface area contributed by atoms with E-state index in [1.165, 1.54) is 11.5 Å². The third-order valence-corrected chi connectivity index (χ3v) is 2.97. The van der Waals surface area contributed by atoms with Gasteiger partial charge in [-0.15, -0.1) is 0 Å². The molecule has 0 fully saturated rings. The first kappa shape index (κ1) is 11.1. The summed E-state index contributed by atoms with van der Waals surface area (Å²) in [7, 11) is 1.62. The van der Waals surface area contributed by atoms with Crippen LogP contribution in [-0.2, 0) is 0 Å². The van der Waals surface area contributed by atoms with Gasteiger partial charge in [0.25, 0.3) is 0 Å². The normalized spacial score (nSPS) is 10.6. The van der Waals surface area contributed by atoms with Crippen molar-refractivity contribution >= 4 is 22.4 Å². The lowest BCUT2D eigenvalue weighted by Gasteiger charge is -2.25. The molecule has 1 aromatic rings. The maximum absolute atomic E-state index is 5.69. The van der Waals surface area contributed by atoms with E-state index in [4.69, 9.17) is 10.5 Å². The molecule has 0 aliphatic heterocycles. The standard InChI is InChI=1S/C9H17N3OS/c1-5-12(6(2)3)9-7(13-4)8(10)11-14-9/h6H,5H2,1-4H3,(H2,10,11). The zero-order valence-corrected chi connectivity index (χ0v) is 9.89. The molecule has 0 aromatic carbocycles. The molecule has 1 heterocycles. The van der Waals surface area contributed by atoms with Crippen LogP contribution in [0.2, 0.25) is 0 Å². The average Bonchev–Trinajstić information content (AvgIpc) is 2.48. The van der Waals surface area contributed by atoms with E-state index >= 15 is 0 Å². The van der Waals surface area contributed by atoms with Gasteiger partial charge in [-0.1, -0.05) is 0 Å². The summed E-state index contributed by atoms with van der Waals surface area (Å²) in [4.78, 5) is 2.22. The molecule has 0 aliphatic rings. The smallest absolute Gasteiger partial charge is 0.197 e. The maximum Gasteiger partial charge on any atom is 0.197 e. The van der Waals surface area contributed by atoms with Crippen molar-refractivity contribution in [1.82, 2.24) is 4.37 Å². The molecule has 2 N–H and O–H groups in total. The zero-order valence-electron chi connectivity index (χ0n) is 9.07. The summed E-state index contributed by atoms with van der Waals surface area (Å²) in [5.74, 6) is 1.18. The average molecular weight is 215 g/mol. The Kier molecular flexibility index (Phi) is 3.57. The highest BCUT2D eigenvalue weighted by molar-refractivity contribution is 7.11. The summed E-state index contributed by atoms with van der Waals surface area (Å²) in [5, 5.41) is 1.02. The van der Waals surface area contributed by atoms with Gasteiger partial charge in [-0.2, -0.15) is 4.37 Å². The minimum Gasteiger partial charge on any atom is -0.490 e. The number of aromatic nitrogens is 1. The second kappa shape index (κ2) is 4.50. The number of nitrogen functional groups attached to an aromatic ring is 1. The van der Waals surface area contributed by atoms with E-state index in [0.717, 1.165) is 11.5 Å². The van der Waals surface area contributed by atoms with Crippen LogP contribution in [0.3, 0.4) is 0 Å². The Labute approximate surface area is 88.8 Å². The minimum absolute atomic E-state index is 0.425. The van der Waals surface area contributed by atoms with Crippen molar-refractivity contribution in [3.63, 3.8) is 0 Å². The van der Waals surface area contributed by atoms with Crippen LogP contribution in [0.1, 0.15) is 20.8 Å². The SMILES string of the molecule is CCN(c1snc(N)c1OC)C(C)C. The highest BCUT2D eigenvalue weighted by Gasteiger charge is 2.19. The highest BCUT2D eigenvalue weighted by Crippen LogP contribution is 2.38. The fourth-order valence-corrected chi connectivity index (χ4v) is 2.39. The van der Waals surface area contributed by atoms with Crippen molar-refractivity contribution in [3.8, 4) is 5.75 Å². The summed E-state index contributed by atoms with van der Waals surface area (Å²) in [6.45, 7) is 7.31. The van der Waals surface area contributed by atoms with Crippen LogP contribution in [0.4, 0.5) is 10.8 Å². The van der Waals surface area contributed by atoms with Crippen molar-refractivity contribution in [1.29, 1.82) is 0 Å². The van der Waals surface area contributed by atoms with E-state index in [0.29, 0.717) is 17.6 Å². The zero-order chi connectivity index (χ0) is 10.7. The van der Waals surface area contributed by atoms with Crippen LogP contribution in [0.5, 0.6) is 5.75 Å². The second-order valence-corrected chi connectivity index (χ2v) is 4.04. The fraction of sp³-hybridized carbons (Fsp3) is 0.667. The molecule has 0 radical (unpaired) electrons. The van der Waals surface area contributed by atoms with Gasteiger partial charge in [-0.3, -0.25) is 0 Å². The highest BCUT2D eigenvalue weighted by atomic mass is 32.1. The predicted octanol–water partition coefficient (Wildman–Crippen LogP) is 1.97. The molecule has 0 amide bonds. The topological polar surface area (TPSA) is 51.4 Å². The third-order valence-electron chi connectivity index (χ3n) is 2.09. The van der Waals surface area contributed by atoms with E-state index in [-0.39, 0.29) is 0 Å². The molecular formula is C9H17N3OS. The van der Waals surface area contributed by atoms with Crippen LogP contribution in [0.15, 0.2) is 0 Å². The summed E-state index contributed by atoms with van der Waals surface area (Å²) in [6, 6.07) is 0.425. The molecule has 0 aliphatic carbocycles. The molecule has 0 spiro atoms. The van der Waals surface area contributed by atoms with Gasteiger partial charge in [-0.05, 0) is 32.3 Å².